The first-order valence-electron chi connectivity index (χ1n) is 4.78. The molecule has 2 heterocycles. The highest BCUT2D eigenvalue weighted by molar-refractivity contribution is 9.10. The van der Waals surface area contributed by atoms with E-state index in [-0.39, 0.29) is 18.5 Å². The Bertz CT molecular complexity index is 487. The number of carbonyl (C=O) groups excluding carboxylic acids is 3. The molecular weight excluding hydrogens is 292 g/mol. The summed E-state index contributed by atoms with van der Waals surface area (Å²) in [5, 5.41) is 0.491. The molecular formula is C10H7BrN2O4. The van der Waals surface area contributed by atoms with Crippen molar-refractivity contribution < 1.29 is 19.2 Å². The van der Waals surface area contributed by atoms with Crippen molar-refractivity contribution in [2.45, 2.75) is 12.8 Å². The lowest BCUT2D eigenvalue weighted by Crippen LogP contribution is -2.32. The Hall–Kier alpha value is -1.76. The maximum atomic E-state index is 11.6. The number of hydrogen-bond acceptors (Lipinski definition) is 5. The average Bonchev–Trinajstić information content (AvgIpc) is 2.61. The van der Waals surface area contributed by atoms with Crippen LogP contribution in [0.15, 0.2) is 22.8 Å². The van der Waals surface area contributed by atoms with Crippen LogP contribution >= 0.6 is 15.9 Å². The largest absolute Gasteiger partial charge is 0.382 e. The first-order valence-corrected chi connectivity index (χ1v) is 5.58. The molecule has 1 aromatic rings. The Morgan fingerprint density at radius 3 is 2.53 bits per heavy atom. The molecule has 2 rings (SSSR count). The average molecular weight is 299 g/mol. The lowest BCUT2D eigenvalue weighted by Gasteiger charge is -2.11. The SMILES string of the molecule is O=C(ON1C(=O)CCC1=O)c1cccc(Br)n1. The summed E-state index contributed by atoms with van der Waals surface area (Å²) in [7, 11) is 0. The van der Waals surface area contributed by atoms with Gasteiger partial charge in [-0.3, -0.25) is 9.59 Å². The number of hydroxylamine groups is 2. The van der Waals surface area contributed by atoms with Crippen LogP contribution in [-0.2, 0) is 14.4 Å². The van der Waals surface area contributed by atoms with Gasteiger partial charge in [0, 0.05) is 12.8 Å². The van der Waals surface area contributed by atoms with Gasteiger partial charge < -0.3 is 4.84 Å². The van der Waals surface area contributed by atoms with Crippen LogP contribution in [-0.4, -0.2) is 27.8 Å². The molecule has 0 bridgehead atoms. The van der Waals surface area contributed by atoms with Crippen LogP contribution in [0.3, 0.4) is 0 Å². The molecule has 1 fully saturated rings. The van der Waals surface area contributed by atoms with Gasteiger partial charge in [-0.05, 0) is 28.1 Å². The molecule has 7 heteroatoms. The van der Waals surface area contributed by atoms with Crippen LogP contribution in [0.5, 0.6) is 0 Å². The molecule has 1 saturated heterocycles. The van der Waals surface area contributed by atoms with E-state index in [0.717, 1.165) is 0 Å². The van der Waals surface area contributed by atoms with Crippen LogP contribution in [0.4, 0.5) is 0 Å². The molecule has 0 saturated carbocycles. The van der Waals surface area contributed by atoms with E-state index in [0.29, 0.717) is 9.67 Å². The molecule has 0 N–H and O–H groups in total. The first-order chi connectivity index (χ1) is 8.08. The van der Waals surface area contributed by atoms with Crippen molar-refractivity contribution in [1.29, 1.82) is 0 Å². The summed E-state index contributed by atoms with van der Waals surface area (Å²) in [6.45, 7) is 0. The third-order valence-corrected chi connectivity index (χ3v) is 2.55. The van der Waals surface area contributed by atoms with E-state index in [4.69, 9.17) is 0 Å². The molecule has 1 aliphatic heterocycles. The number of pyridine rings is 1. The van der Waals surface area contributed by atoms with E-state index in [1.54, 1.807) is 12.1 Å². The zero-order chi connectivity index (χ0) is 12.4. The number of aromatic nitrogens is 1. The number of imide groups is 1. The van der Waals surface area contributed by atoms with Crippen LogP contribution in [0.25, 0.3) is 0 Å². The monoisotopic (exact) mass is 298 g/mol. The van der Waals surface area contributed by atoms with E-state index in [1.807, 2.05) is 0 Å². The van der Waals surface area contributed by atoms with Gasteiger partial charge in [0.05, 0.1) is 0 Å². The Balaban J connectivity index is 2.12. The third kappa shape index (κ3) is 2.50. The molecule has 0 radical (unpaired) electrons. The lowest BCUT2D eigenvalue weighted by atomic mass is 10.4. The van der Waals surface area contributed by atoms with Gasteiger partial charge in [0.25, 0.3) is 11.8 Å². The molecule has 6 nitrogen and oxygen atoms in total. The fraction of sp³-hybridized carbons (Fsp3) is 0.200. The standard InChI is InChI=1S/C10H7BrN2O4/c11-7-3-1-2-6(12-7)10(16)17-13-8(14)4-5-9(13)15/h1-3H,4-5H2. The zero-order valence-corrected chi connectivity index (χ0v) is 10.1. The van der Waals surface area contributed by atoms with Crippen LogP contribution in [0.1, 0.15) is 23.3 Å². The van der Waals surface area contributed by atoms with Gasteiger partial charge in [-0.2, -0.15) is 0 Å². The Kier molecular flexibility index (Phi) is 3.19. The molecule has 0 atom stereocenters. The third-order valence-electron chi connectivity index (χ3n) is 2.10. The lowest BCUT2D eigenvalue weighted by molar-refractivity contribution is -0.172. The Labute approximate surface area is 105 Å². The Morgan fingerprint density at radius 2 is 1.94 bits per heavy atom. The van der Waals surface area contributed by atoms with Gasteiger partial charge in [0.15, 0.2) is 5.69 Å². The van der Waals surface area contributed by atoms with Crippen LogP contribution < -0.4 is 0 Å². The van der Waals surface area contributed by atoms with Crippen LogP contribution in [0.2, 0.25) is 0 Å². The minimum atomic E-state index is -0.838. The number of carbonyl (C=O) groups is 3. The molecule has 0 aromatic carbocycles. The smallest absolute Gasteiger partial charge is 0.323 e. The van der Waals surface area contributed by atoms with Gasteiger partial charge in [0.1, 0.15) is 4.60 Å². The van der Waals surface area contributed by atoms with Crippen molar-refractivity contribution >= 4 is 33.7 Å². The van der Waals surface area contributed by atoms with Crippen molar-refractivity contribution in [3.05, 3.63) is 28.5 Å². The number of hydrogen-bond donors (Lipinski definition) is 0. The predicted molar refractivity (Wildman–Crippen MR) is 58.4 cm³/mol. The maximum Gasteiger partial charge on any atom is 0.382 e. The van der Waals surface area contributed by atoms with Gasteiger partial charge in [-0.15, -0.1) is 5.06 Å². The zero-order valence-electron chi connectivity index (χ0n) is 8.55. The van der Waals surface area contributed by atoms with Gasteiger partial charge in [0.2, 0.25) is 0 Å². The quantitative estimate of drug-likeness (QED) is 0.603. The number of amides is 2. The fourth-order valence-corrected chi connectivity index (χ4v) is 1.65. The fourth-order valence-electron chi connectivity index (χ4n) is 1.31. The van der Waals surface area contributed by atoms with E-state index >= 15 is 0 Å². The van der Waals surface area contributed by atoms with E-state index in [2.05, 4.69) is 25.8 Å². The van der Waals surface area contributed by atoms with Crippen molar-refractivity contribution in [2.75, 3.05) is 0 Å². The highest BCUT2D eigenvalue weighted by Crippen LogP contribution is 2.14. The molecule has 2 amide bonds. The predicted octanol–water partition coefficient (Wildman–Crippen LogP) is 1.06. The summed E-state index contributed by atoms with van der Waals surface area (Å²) in [5.74, 6) is -1.87. The molecule has 17 heavy (non-hydrogen) atoms. The second-order valence-corrected chi connectivity index (χ2v) is 4.12. The summed E-state index contributed by atoms with van der Waals surface area (Å²) >= 11 is 3.10. The minimum Gasteiger partial charge on any atom is -0.323 e. The number of nitrogens with zero attached hydrogens (tertiary/aromatic N) is 2. The van der Waals surface area contributed by atoms with E-state index in [1.165, 1.54) is 6.07 Å². The summed E-state index contributed by atoms with van der Waals surface area (Å²) in [6.07, 6.45) is 0.135. The van der Waals surface area contributed by atoms with Crippen molar-refractivity contribution in [2.24, 2.45) is 0 Å². The molecule has 0 unspecified atom stereocenters. The van der Waals surface area contributed by atoms with Gasteiger partial charge in [-0.1, -0.05) is 6.07 Å². The Morgan fingerprint density at radius 1 is 1.29 bits per heavy atom. The normalized spacial score (nSPS) is 15.2. The summed E-state index contributed by atoms with van der Waals surface area (Å²) < 4.78 is 0.464. The number of rotatable bonds is 2. The van der Waals surface area contributed by atoms with Crippen molar-refractivity contribution in [3.63, 3.8) is 0 Å². The van der Waals surface area contributed by atoms with E-state index < -0.39 is 17.8 Å². The van der Waals surface area contributed by atoms with E-state index in [9.17, 15) is 14.4 Å². The highest BCUT2D eigenvalue weighted by atomic mass is 79.9. The topological polar surface area (TPSA) is 76.6 Å². The number of halogens is 1. The first kappa shape index (κ1) is 11.7. The van der Waals surface area contributed by atoms with Gasteiger partial charge >= 0.3 is 5.97 Å². The molecule has 88 valence electrons. The summed E-state index contributed by atoms with van der Waals surface area (Å²) in [5.41, 5.74) is 0.0203. The molecule has 1 aliphatic rings. The summed E-state index contributed by atoms with van der Waals surface area (Å²) in [6, 6.07) is 4.67. The van der Waals surface area contributed by atoms with Crippen LogP contribution in [0, 0.1) is 0 Å². The summed E-state index contributed by atoms with van der Waals surface area (Å²) in [4.78, 5) is 42.6. The molecule has 0 spiro atoms. The molecule has 1 aromatic heterocycles. The van der Waals surface area contributed by atoms with Crippen molar-refractivity contribution in [1.82, 2.24) is 10.0 Å². The second kappa shape index (κ2) is 4.62. The minimum absolute atomic E-state index is 0.0203. The second-order valence-electron chi connectivity index (χ2n) is 3.31. The molecule has 0 aliphatic carbocycles. The highest BCUT2D eigenvalue weighted by Gasteiger charge is 2.33. The maximum absolute atomic E-state index is 11.6. The van der Waals surface area contributed by atoms with Crippen molar-refractivity contribution in [3.8, 4) is 0 Å². The van der Waals surface area contributed by atoms with Gasteiger partial charge in [-0.25, -0.2) is 9.78 Å².